The fraction of sp³-hybridized carbons (Fsp3) is 0.333. The molecule has 1 atom stereocenters. The Hall–Kier alpha value is -1.92. The highest BCUT2D eigenvalue weighted by atomic mass is 16.1. The summed E-state index contributed by atoms with van der Waals surface area (Å²) in [6, 6.07) is 3.56. The number of nitrogen functional groups attached to an aromatic ring is 1. The van der Waals surface area contributed by atoms with Gasteiger partial charge in [0, 0.05) is 11.1 Å². The van der Waals surface area contributed by atoms with Crippen LogP contribution in [-0.2, 0) is 0 Å². The highest BCUT2D eigenvalue weighted by Crippen LogP contribution is 2.20. The van der Waals surface area contributed by atoms with Gasteiger partial charge in [-0.2, -0.15) is 0 Å². The number of ketones is 1. The van der Waals surface area contributed by atoms with E-state index in [4.69, 9.17) is 22.9 Å². The Bertz CT molecular complexity index is 491. The molecule has 6 heteroatoms. The van der Waals surface area contributed by atoms with Gasteiger partial charge in [-0.15, -0.1) is 0 Å². The number of Topliss-reactive ketones (excluding diaryl/α,β-unsaturated/α-hetero) is 1. The van der Waals surface area contributed by atoms with Crippen molar-refractivity contribution in [2.24, 2.45) is 17.2 Å². The molecule has 1 aromatic carbocycles. The predicted octanol–water partition coefficient (Wildman–Crippen LogP) is -0.385. The third-order valence-corrected chi connectivity index (χ3v) is 2.72. The van der Waals surface area contributed by atoms with E-state index in [0.717, 1.165) is 0 Å². The zero-order valence-electron chi connectivity index (χ0n) is 10.4. The fourth-order valence-corrected chi connectivity index (χ4v) is 1.50. The zero-order valence-corrected chi connectivity index (χ0v) is 10.4. The van der Waals surface area contributed by atoms with Gasteiger partial charge >= 0.3 is 0 Å². The van der Waals surface area contributed by atoms with Crippen LogP contribution >= 0.6 is 0 Å². The van der Waals surface area contributed by atoms with Crippen LogP contribution in [0.1, 0.15) is 34.6 Å². The number of hydrogen-bond donors (Lipinski definition) is 4. The molecule has 0 spiro atoms. The van der Waals surface area contributed by atoms with Crippen LogP contribution < -0.4 is 22.9 Å². The van der Waals surface area contributed by atoms with Crippen molar-refractivity contribution >= 4 is 17.4 Å². The maximum absolute atomic E-state index is 12.1. The van der Waals surface area contributed by atoms with Gasteiger partial charge < -0.3 is 22.9 Å². The van der Waals surface area contributed by atoms with Gasteiger partial charge in [0.15, 0.2) is 5.78 Å². The maximum Gasteiger partial charge on any atom is 0.250 e. The van der Waals surface area contributed by atoms with Crippen LogP contribution in [0.15, 0.2) is 18.2 Å². The minimum atomic E-state index is -0.914. The molecule has 1 rings (SSSR count). The van der Waals surface area contributed by atoms with Crippen molar-refractivity contribution in [2.45, 2.75) is 25.4 Å². The average molecular weight is 250 g/mol. The van der Waals surface area contributed by atoms with E-state index >= 15 is 0 Å². The Morgan fingerprint density at radius 2 is 1.72 bits per heavy atom. The minimum absolute atomic E-state index is 0.0368. The summed E-state index contributed by atoms with van der Waals surface area (Å²) < 4.78 is 0. The van der Waals surface area contributed by atoms with Gasteiger partial charge in [-0.05, 0) is 26.0 Å². The van der Waals surface area contributed by atoms with E-state index < -0.39 is 23.3 Å². The van der Waals surface area contributed by atoms with E-state index in [1.807, 2.05) is 0 Å². The summed E-state index contributed by atoms with van der Waals surface area (Å²) in [5, 5.41) is 0. The van der Waals surface area contributed by atoms with Gasteiger partial charge in [0.25, 0.3) is 5.91 Å². The van der Waals surface area contributed by atoms with Crippen molar-refractivity contribution in [1.82, 2.24) is 0 Å². The third kappa shape index (κ3) is 2.66. The monoisotopic (exact) mass is 250 g/mol. The lowest BCUT2D eigenvalue weighted by atomic mass is 9.88. The Morgan fingerprint density at radius 3 is 2.17 bits per heavy atom. The molecule has 0 radical (unpaired) electrons. The van der Waals surface area contributed by atoms with Crippen LogP contribution in [0.5, 0.6) is 0 Å². The molecule has 0 aliphatic heterocycles. The number of hydrogen-bond acceptors (Lipinski definition) is 5. The summed E-state index contributed by atoms with van der Waals surface area (Å²) >= 11 is 0. The van der Waals surface area contributed by atoms with E-state index in [-0.39, 0.29) is 16.8 Å². The van der Waals surface area contributed by atoms with Crippen molar-refractivity contribution < 1.29 is 9.59 Å². The minimum Gasteiger partial charge on any atom is -0.397 e. The third-order valence-electron chi connectivity index (χ3n) is 2.72. The number of amides is 1. The summed E-state index contributed by atoms with van der Waals surface area (Å²) in [5.74, 6) is -1.11. The lowest BCUT2D eigenvalue weighted by Gasteiger charge is -2.26. The summed E-state index contributed by atoms with van der Waals surface area (Å²) in [4.78, 5) is 23.3. The zero-order chi connectivity index (χ0) is 14.1. The Kier molecular flexibility index (Phi) is 3.73. The molecule has 18 heavy (non-hydrogen) atoms. The number of para-hydroxylation sites is 1. The van der Waals surface area contributed by atoms with Crippen LogP contribution in [0.3, 0.4) is 0 Å². The molecule has 0 aromatic heterocycles. The van der Waals surface area contributed by atoms with Gasteiger partial charge in [0.2, 0.25) is 0 Å². The predicted molar refractivity (Wildman–Crippen MR) is 69.9 cm³/mol. The highest BCUT2D eigenvalue weighted by molar-refractivity contribution is 6.09. The van der Waals surface area contributed by atoms with E-state index in [1.54, 1.807) is 13.8 Å². The molecule has 0 saturated heterocycles. The molecule has 0 heterocycles. The van der Waals surface area contributed by atoms with Crippen molar-refractivity contribution in [2.75, 3.05) is 5.73 Å². The Labute approximate surface area is 105 Å². The van der Waals surface area contributed by atoms with Gasteiger partial charge in [-0.3, -0.25) is 9.59 Å². The molecule has 0 saturated carbocycles. The molecule has 1 aromatic rings. The molecule has 0 aliphatic carbocycles. The number of carbonyl (C=O) groups is 2. The number of rotatable bonds is 4. The largest absolute Gasteiger partial charge is 0.397 e. The molecular weight excluding hydrogens is 232 g/mol. The SMILES string of the molecule is CC(C)(N)C(N)C(=O)c1cccc(C(N)=O)c1N. The average Bonchev–Trinajstić information content (AvgIpc) is 2.25. The van der Waals surface area contributed by atoms with Crippen LogP contribution in [0.2, 0.25) is 0 Å². The summed E-state index contributed by atoms with van der Waals surface area (Å²) in [7, 11) is 0. The number of carbonyl (C=O) groups excluding carboxylic acids is 2. The second kappa shape index (κ2) is 4.75. The smallest absolute Gasteiger partial charge is 0.250 e. The van der Waals surface area contributed by atoms with E-state index in [0.29, 0.717) is 0 Å². The van der Waals surface area contributed by atoms with Gasteiger partial charge in [-0.1, -0.05) is 6.07 Å². The maximum atomic E-state index is 12.1. The normalized spacial score (nSPS) is 13.1. The van der Waals surface area contributed by atoms with Gasteiger partial charge in [0.1, 0.15) is 0 Å². The molecule has 0 fully saturated rings. The van der Waals surface area contributed by atoms with E-state index in [2.05, 4.69) is 0 Å². The van der Waals surface area contributed by atoms with Gasteiger partial charge in [0.05, 0.1) is 17.3 Å². The van der Waals surface area contributed by atoms with Crippen LogP contribution in [0, 0.1) is 0 Å². The standard InChI is InChI=1S/C12H18N4O2/c1-12(2,16)10(14)9(17)6-4-3-5-7(8(6)13)11(15)18/h3-5,10H,13-14,16H2,1-2H3,(H2,15,18). The second-order valence-electron chi connectivity index (χ2n) is 4.79. The molecule has 1 unspecified atom stereocenters. The first-order valence-corrected chi connectivity index (χ1v) is 5.43. The fourth-order valence-electron chi connectivity index (χ4n) is 1.50. The number of anilines is 1. The van der Waals surface area contributed by atoms with Crippen molar-refractivity contribution in [3.05, 3.63) is 29.3 Å². The number of benzene rings is 1. The van der Waals surface area contributed by atoms with Crippen LogP contribution in [0.25, 0.3) is 0 Å². The van der Waals surface area contributed by atoms with Crippen molar-refractivity contribution in [3.8, 4) is 0 Å². The first kappa shape index (κ1) is 14.1. The summed E-state index contributed by atoms with van der Waals surface area (Å²) in [6.07, 6.45) is 0. The Balaban J connectivity index is 3.23. The molecule has 0 aliphatic rings. The van der Waals surface area contributed by atoms with Crippen molar-refractivity contribution in [3.63, 3.8) is 0 Å². The summed E-state index contributed by atoms with van der Waals surface area (Å²) in [6.45, 7) is 3.29. The summed E-state index contributed by atoms with van der Waals surface area (Å²) in [5.41, 5.74) is 21.9. The van der Waals surface area contributed by atoms with Crippen molar-refractivity contribution in [1.29, 1.82) is 0 Å². The molecule has 98 valence electrons. The highest BCUT2D eigenvalue weighted by Gasteiger charge is 2.30. The quantitative estimate of drug-likeness (QED) is 0.426. The first-order valence-electron chi connectivity index (χ1n) is 5.43. The lowest BCUT2D eigenvalue weighted by Crippen LogP contribution is -2.55. The molecule has 1 amide bonds. The topological polar surface area (TPSA) is 138 Å². The number of primary amides is 1. The Morgan fingerprint density at radius 1 is 1.22 bits per heavy atom. The van der Waals surface area contributed by atoms with Gasteiger partial charge in [-0.25, -0.2) is 0 Å². The molecule has 0 bridgehead atoms. The molecule has 6 nitrogen and oxygen atoms in total. The second-order valence-corrected chi connectivity index (χ2v) is 4.79. The van der Waals surface area contributed by atoms with Crippen LogP contribution in [0.4, 0.5) is 5.69 Å². The first-order chi connectivity index (χ1) is 8.16. The molecular formula is C12H18N4O2. The van der Waals surface area contributed by atoms with Crippen LogP contribution in [-0.4, -0.2) is 23.3 Å². The number of nitrogens with two attached hydrogens (primary N) is 4. The molecule has 8 N–H and O–H groups in total. The van der Waals surface area contributed by atoms with E-state index in [9.17, 15) is 9.59 Å². The van der Waals surface area contributed by atoms with E-state index in [1.165, 1.54) is 18.2 Å². The lowest BCUT2D eigenvalue weighted by molar-refractivity contribution is 0.0931.